The molecule has 1 atom stereocenters. The standard InChI is InChI=1S/C6H6N4/c1-4-7-2-5-6(10-4)9-3-8-5/h2-3,5H,1H3. The van der Waals surface area contributed by atoms with E-state index in [0.29, 0.717) is 0 Å². The van der Waals surface area contributed by atoms with Crippen molar-refractivity contribution in [3.8, 4) is 0 Å². The first-order valence-electron chi connectivity index (χ1n) is 3.05. The van der Waals surface area contributed by atoms with Crippen LogP contribution >= 0.6 is 0 Å². The molecule has 10 heavy (non-hydrogen) atoms. The lowest BCUT2D eigenvalue weighted by Gasteiger charge is -2.05. The van der Waals surface area contributed by atoms with Gasteiger partial charge in [0.2, 0.25) is 0 Å². The van der Waals surface area contributed by atoms with Crippen molar-refractivity contribution in [2.45, 2.75) is 13.0 Å². The average Bonchev–Trinajstić information content (AvgIpc) is 2.33. The third-order valence-electron chi connectivity index (χ3n) is 1.36. The van der Waals surface area contributed by atoms with Crippen LogP contribution in [0.25, 0.3) is 0 Å². The van der Waals surface area contributed by atoms with Gasteiger partial charge in [-0.05, 0) is 6.92 Å². The van der Waals surface area contributed by atoms with E-state index in [4.69, 9.17) is 0 Å². The molecule has 2 aliphatic heterocycles. The van der Waals surface area contributed by atoms with Crippen molar-refractivity contribution in [1.82, 2.24) is 0 Å². The van der Waals surface area contributed by atoms with Crippen molar-refractivity contribution < 1.29 is 0 Å². The SMILES string of the molecule is CC1=NC2=NC=NC2C=N1. The van der Waals surface area contributed by atoms with Crippen LogP contribution in [0.2, 0.25) is 0 Å². The number of aliphatic imine (C=N–C) groups is 4. The molecule has 0 saturated heterocycles. The molecule has 4 heteroatoms. The Balaban J connectivity index is 2.39. The second-order valence-electron chi connectivity index (χ2n) is 2.13. The lowest BCUT2D eigenvalue weighted by atomic mass is 10.3. The summed E-state index contributed by atoms with van der Waals surface area (Å²) in [6.45, 7) is 1.84. The Hall–Kier alpha value is -1.32. The van der Waals surface area contributed by atoms with Crippen molar-refractivity contribution in [2.24, 2.45) is 20.0 Å². The second kappa shape index (κ2) is 1.83. The normalized spacial score (nSPS) is 27.9. The van der Waals surface area contributed by atoms with Gasteiger partial charge >= 0.3 is 0 Å². The van der Waals surface area contributed by atoms with Crippen molar-refractivity contribution in [1.29, 1.82) is 0 Å². The number of nitrogens with zero attached hydrogens (tertiary/aromatic N) is 4. The Morgan fingerprint density at radius 2 is 2.40 bits per heavy atom. The molecular formula is C6H6N4. The van der Waals surface area contributed by atoms with Gasteiger partial charge in [-0.2, -0.15) is 0 Å². The first kappa shape index (κ1) is 5.46. The largest absolute Gasteiger partial charge is 0.256 e. The third-order valence-corrected chi connectivity index (χ3v) is 1.36. The van der Waals surface area contributed by atoms with Crippen molar-refractivity contribution in [3.05, 3.63) is 0 Å². The van der Waals surface area contributed by atoms with E-state index in [-0.39, 0.29) is 6.04 Å². The van der Waals surface area contributed by atoms with Crippen LogP contribution in [0.4, 0.5) is 0 Å². The lowest BCUT2D eigenvalue weighted by molar-refractivity contribution is 1.16. The van der Waals surface area contributed by atoms with Crippen LogP contribution in [-0.2, 0) is 0 Å². The summed E-state index contributed by atoms with van der Waals surface area (Å²) in [4.78, 5) is 16.1. The van der Waals surface area contributed by atoms with Gasteiger partial charge in [-0.1, -0.05) is 0 Å². The zero-order valence-electron chi connectivity index (χ0n) is 5.52. The highest BCUT2D eigenvalue weighted by Gasteiger charge is 2.18. The maximum Gasteiger partial charge on any atom is 0.162 e. The lowest BCUT2D eigenvalue weighted by Crippen LogP contribution is -2.20. The number of fused-ring (bicyclic) bond motifs is 1. The molecule has 50 valence electrons. The molecule has 0 spiro atoms. The maximum absolute atomic E-state index is 4.09. The zero-order chi connectivity index (χ0) is 6.97. The summed E-state index contributed by atoms with van der Waals surface area (Å²) in [5.41, 5.74) is 0. The highest BCUT2D eigenvalue weighted by Crippen LogP contribution is 2.05. The summed E-state index contributed by atoms with van der Waals surface area (Å²) < 4.78 is 0. The molecule has 0 N–H and O–H groups in total. The van der Waals surface area contributed by atoms with Crippen LogP contribution < -0.4 is 0 Å². The van der Waals surface area contributed by atoms with Gasteiger partial charge in [-0.15, -0.1) is 0 Å². The average molecular weight is 134 g/mol. The molecule has 0 fully saturated rings. The fourth-order valence-electron chi connectivity index (χ4n) is 0.881. The van der Waals surface area contributed by atoms with Crippen molar-refractivity contribution in [3.63, 3.8) is 0 Å². The van der Waals surface area contributed by atoms with Gasteiger partial charge in [-0.25, -0.2) is 15.0 Å². The predicted octanol–water partition coefficient (Wildman–Crippen LogP) is 0.298. The van der Waals surface area contributed by atoms with Crippen LogP contribution in [0.1, 0.15) is 6.92 Å². The second-order valence-corrected chi connectivity index (χ2v) is 2.13. The molecule has 2 rings (SSSR count). The van der Waals surface area contributed by atoms with E-state index >= 15 is 0 Å². The number of amidine groups is 2. The van der Waals surface area contributed by atoms with E-state index in [1.165, 1.54) is 6.34 Å². The maximum atomic E-state index is 4.09. The van der Waals surface area contributed by atoms with E-state index in [1.807, 2.05) is 6.92 Å². The van der Waals surface area contributed by atoms with Crippen LogP contribution in [0, 0.1) is 0 Å². The van der Waals surface area contributed by atoms with Gasteiger partial charge in [0.15, 0.2) is 5.84 Å². The van der Waals surface area contributed by atoms with Crippen LogP contribution in [-0.4, -0.2) is 30.3 Å². The third kappa shape index (κ3) is 0.689. The number of hydrogen-bond acceptors (Lipinski definition) is 4. The van der Waals surface area contributed by atoms with E-state index in [1.54, 1.807) is 6.21 Å². The van der Waals surface area contributed by atoms with Gasteiger partial charge in [0.25, 0.3) is 0 Å². The molecule has 0 radical (unpaired) electrons. The van der Waals surface area contributed by atoms with Crippen LogP contribution in [0.15, 0.2) is 20.0 Å². The first-order valence-corrected chi connectivity index (χ1v) is 3.05. The Labute approximate surface area is 58.1 Å². The fraction of sp³-hybridized carbons (Fsp3) is 0.333. The molecule has 0 aromatic carbocycles. The Kier molecular flexibility index (Phi) is 1.00. The van der Waals surface area contributed by atoms with Gasteiger partial charge in [-0.3, -0.25) is 4.99 Å². The first-order chi connectivity index (χ1) is 4.86. The summed E-state index contributed by atoms with van der Waals surface area (Å²) in [6.07, 6.45) is 3.28. The minimum atomic E-state index is -0.0105. The summed E-state index contributed by atoms with van der Waals surface area (Å²) >= 11 is 0. The molecular weight excluding hydrogens is 128 g/mol. The summed E-state index contributed by atoms with van der Waals surface area (Å²) in [5, 5.41) is 0. The van der Waals surface area contributed by atoms with Crippen molar-refractivity contribution in [2.75, 3.05) is 0 Å². The van der Waals surface area contributed by atoms with Crippen LogP contribution in [0.5, 0.6) is 0 Å². The minimum Gasteiger partial charge on any atom is -0.256 e. The fourth-order valence-corrected chi connectivity index (χ4v) is 0.881. The van der Waals surface area contributed by atoms with E-state index in [2.05, 4.69) is 20.0 Å². The quantitative estimate of drug-likeness (QED) is 0.457. The zero-order valence-corrected chi connectivity index (χ0v) is 5.52. The Morgan fingerprint density at radius 1 is 1.50 bits per heavy atom. The molecule has 0 aromatic heterocycles. The summed E-state index contributed by atoms with van der Waals surface area (Å²) in [6, 6.07) is -0.0105. The molecule has 0 aromatic rings. The van der Waals surface area contributed by atoms with E-state index in [9.17, 15) is 0 Å². The molecule has 4 nitrogen and oxygen atoms in total. The highest BCUT2D eigenvalue weighted by molar-refractivity contribution is 6.16. The smallest absolute Gasteiger partial charge is 0.162 e. The van der Waals surface area contributed by atoms with E-state index in [0.717, 1.165) is 11.7 Å². The number of hydrogen-bond donors (Lipinski definition) is 0. The number of rotatable bonds is 0. The summed E-state index contributed by atoms with van der Waals surface area (Å²) in [7, 11) is 0. The van der Waals surface area contributed by atoms with E-state index < -0.39 is 0 Å². The van der Waals surface area contributed by atoms with Gasteiger partial charge < -0.3 is 0 Å². The Bertz CT molecular complexity index is 271. The monoisotopic (exact) mass is 134 g/mol. The topological polar surface area (TPSA) is 49.4 Å². The minimum absolute atomic E-state index is 0.0105. The van der Waals surface area contributed by atoms with Crippen molar-refractivity contribution >= 4 is 24.2 Å². The van der Waals surface area contributed by atoms with Gasteiger partial charge in [0.1, 0.15) is 18.2 Å². The van der Waals surface area contributed by atoms with Gasteiger partial charge in [0.05, 0.1) is 0 Å². The molecule has 0 amide bonds. The Morgan fingerprint density at radius 3 is 3.30 bits per heavy atom. The molecule has 2 heterocycles. The highest BCUT2D eigenvalue weighted by atomic mass is 15.1. The molecule has 2 aliphatic rings. The molecule has 0 bridgehead atoms. The molecule has 0 aliphatic carbocycles. The molecule has 0 saturated carbocycles. The van der Waals surface area contributed by atoms with Gasteiger partial charge in [0, 0.05) is 6.21 Å². The predicted molar refractivity (Wildman–Crippen MR) is 41.3 cm³/mol. The molecule has 1 unspecified atom stereocenters. The van der Waals surface area contributed by atoms with Crippen LogP contribution in [0.3, 0.4) is 0 Å². The summed E-state index contributed by atoms with van der Waals surface area (Å²) in [5.74, 6) is 1.51.